The summed E-state index contributed by atoms with van der Waals surface area (Å²) < 4.78 is 0. The summed E-state index contributed by atoms with van der Waals surface area (Å²) >= 11 is 0. The smallest absolute Gasteiger partial charge is 0.0867 e. The molecule has 1 N–H and O–H groups in total. The highest BCUT2D eigenvalue weighted by Gasteiger charge is 2.45. The molecule has 96 valence electrons. The van der Waals surface area contributed by atoms with Gasteiger partial charge in [-0.3, -0.25) is 4.98 Å². The normalized spacial score (nSPS) is 32.2. The maximum absolute atomic E-state index is 9.74. The van der Waals surface area contributed by atoms with Crippen molar-refractivity contribution in [2.45, 2.75) is 50.1 Å². The molecule has 3 rings (SSSR count). The fourth-order valence-corrected chi connectivity index (χ4v) is 3.45. The Bertz CT molecular complexity index is 576. The summed E-state index contributed by atoms with van der Waals surface area (Å²) in [6, 6.07) is 5.59. The fraction of sp³-hybridized carbons (Fsp3) is 0.500. The molecular weight excluding hydrogens is 234 g/mol. The number of hydrogen-bond donors (Lipinski definition) is 1. The minimum atomic E-state index is -0.379. The zero-order valence-corrected chi connectivity index (χ0v) is 11.1. The van der Waals surface area contributed by atoms with Gasteiger partial charge in [0.2, 0.25) is 0 Å². The lowest BCUT2D eigenvalue weighted by Crippen LogP contribution is -2.46. The maximum atomic E-state index is 9.74. The van der Waals surface area contributed by atoms with Crippen molar-refractivity contribution in [3.05, 3.63) is 29.6 Å². The summed E-state index contributed by atoms with van der Waals surface area (Å²) in [6.45, 7) is 1.82. The van der Waals surface area contributed by atoms with E-state index in [9.17, 15) is 5.26 Å². The molecule has 2 bridgehead atoms. The number of rotatable bonds is 1. The highest BCUT2D eigenvalue weighted by molar-refractivity contribution is 5.40. The van der Waals surface area contributed by atoms with Crippen LogP contribution in [-0.2, 0) is 5.41 Å². The lowest BCUT2D eigenvalue weighted by Gasteiger charge is -2.36. The molecule has 0 amide bonds. The van der Waals surface area contributed by atoms with Crippen molar-refractivity contribution >= 4 is 0 Å². The van der Waals surface area contributed by atoms with Crippen LogP contribution in [0.3, 0.4) is 0 Å². The predicted octanol–water partition coefficient (Wildman–Crippen LogP) is 2.13. The summed E-state index contributed by atoms with van der Waals surface area (Å²) in [5.41, 5.74) is 1.56. The summed E-state index contributed by atoms with van der Waals surface area (Å²) in [5, 5.41) is 13.3. The van der Waals surface area contributed by atoms with Gasteiger partial charge in [0.1, 0.15) is 0 Å². The largest absolute Gasteiger partial charge is 0.311 e. The van der Waals surface area contributed by atoms with Crippen LogP contribution < -0.4 is 5.32 Å². The molecule has 19 heavy (non-hydrogen) atoms. The molecular formula is C16H17N3. The quantitative estimate of drug-likeness (QED) is 0.778. The third kappa shape index (κ3) is 2.11. The van der Waals surface area contributed by atoms with E-state index < -0.39 is 0 Å². The van der Waals surface area contributed by atoms with Crippen LogP contribution >= 0.6 is 0 Å². The Morgan fingerprint density at radius 2 is 2.05 bits per heavy atom. The van der Waals surface area contributed by atoms with Crippen LogP contribution in [0, 0.1) is 23.2 Å². The van der Waals surface area contributed by atoms with Crippen LogP contribution in [0.2, 0.25) is 0 Å². The number of aromatic nitrogens is 1. The van der Waals surface area contributed by atoms with Gasteiger partial charge in [-0.1, -0.05) is 5.92 Å². The van der Waals surface area contributed by atoms with E-state index in [1.54, 1.807) is 6.20 Å². The number of fused-ring (bicyclic) bond motifs is 2. The van der Waals surface area contributed by atoms with Crippen LogP contribution in [0.25, 0.3) is 0 Å². The molecule has 0 aliphatic carbocycles. The standard InChI is InChI=1S/C16H17N3/c1-2-3-12-6-13(10-18-9-12)16(11-17)7-14-4-5-15(8-16)19-14/h6,9-10,14-15,19H,4-5,7-8H2,1H3/t14-,15+,16+. The molecule has 3 nitrogen and oxygen atoms in total. The summed E-state index contributed by atoms with van der Waals surface area (Å²) in [5.74, 6) is 5.92. The molecule has 1 aromatic heterocycles. The van der Waals surface area contributed by atoms with Crippen molar-refractivity contribution in [3.8, 4) is 17.9 Å². The SMILES string of the molecule is CC#Cc1cncc([C@@]2(C#N)C[C@H]3CC[C@@H](C2)N3)c1. The van der Waals surface area contributed by atoms with Gasteiger partial charge in [0, 0.05) is 30.0 Å². The number of hydrogen-bond acceptors (Lipinski definition) is 3. The highest BCUT2D eigenvalue weighted by atomic mass is 15.0. The van der Waals surface area contributed by atoms with E-state index in [-0.39, 0.29) is 5.41 Å². The first-order chi connectivity index (χ1) is 9.25. The third-order valence-electron chi connectivity index (χ3n) is 4.30. The lowest BCUT2D eigenvalue weighted by atomic mass is 9.72. The maximum Gasteiger partial charge on any atom is 0.0867 e. The first-order valence-electron chi connectivity index (χ1n) is 6.81. The first-order valence-corrected chi connectivity index (χ1v) is 6.81. The Balaban J connectivity index is 2.00. The monoisotopic (exact) mass is 251 g/mol. The molecule has 2 fully saturated rings. The molecule has 0 aromatic carbocycles. The van der Waals surface area contributed by atoms with Gasteiger partial charge in [0.15, 0.2) is 0 Å². The van der Waals surface area contributed by atoms with Gasteiger partial charge in [-0.15, -0.1) is 5.92 Å². The summed E-state index contributed by atoms with van der Waals surface area (Å²) in [4.78, 5) is 4.27. The number of nitrogens with one attached hydrogen (secondary N) is 1. The Hall–Kier alpha value is -1.84. The van der Waals surface area contributed by atoms with Crippen LogP contribution in [0.15, 0.2) is 18.5 Å². The second-order valence-corrected chi connectivity index (χ2v) is 5.58. The highest BCUT2D eigenvalue weighted by Crippen LogP contribution is 2.42. The van der Waals surface area contributed by atoms with E-state index in [0.717, 1.165) is 24.0 Å². The molecule has 0 radical (unpaired) electrons. The van der Waals surface area contributed by atoms with Crippen molar-refractivity contribution in [2.24, 2.45) is 0 Å². The predicted molar refractivity (Wildman–Crippen MR) is 73.3 cm³/mol. The van der Waals surface area contributed by atoms with Crippen molar-refractivity contribution in [2.75, 3.05) is 0 Å². The first kappa shape index (κ1) is 12.2. The van der Waals surface area contributed by atoms with Gasteiger partial charge in [0.25, 0.3) is 0 Å². The molecule has 0 unspecified atom stereocenters. The lowest BCUT2D eigenvalue weighted by molar-refractivity contribution is 0.304. The van der Waals surface area contributed by atoms with Crippen molar-refractivity contribution in [1.82, 2.24) is 10.3 Å². The third-order valence-corrected chi connectivity index (χ3v) is 4.30. The molecule has 1 aromatic rings. The van der Waals surface area contributed by atoms with Crippen LogP contribution in [0.5, 0.6) is 0 Å². The molecule has 3 atom stereocenters. The van der Waals surface area contributed by atoms with Gasteiger partial charge in [-0.25, -0.2) is 0 Å². The van der Waals surface area contributed by atoms with Crippen molar-refractivity contribution in [1.29, 1.82) is 5.26 Å². The van der Waals surface area contributed by atoms with Crippen LogP contribution in [0.4, 0.5) is 0 Å². The molecule has 2 aliphatic rings. The Morgan fingerprint density at radius 3 is 2.68 bits per heavy atom. The number of nitrogens with zero attached hydrogens (tertiary/aromatic N) is 2. The zero-order valence-electron chi connectivity index (χ0n) is 11.1. The fourth-order valence-electron chi connectivity index (χ4n) is 3.45. The van der Waals surface area contributed by atoms with Crippen LogP contribution in [0.1, 0.15) is 43.7 Å². The molecule has 0 saturated carbocycles. The van der Waals surface area contributed by atoms with E-state index in [1.807, 2.05) is 19.2 Å². The second kappa shape index (κ2) is 4.68. The molecule has 2 saturated heterocycles. The van der Waals surface area contributed by atoms with Gasteiger partial charge in [-0.05, 0) is 44.2 Å². The van der Waals surface area contributed by atoms with Gasteiger partial charge in [0.05, 0.1) is 11.5 Å². The minimum Gasteiger partial charge on any atom is -0.311 e. The van der Waals surface area contributed by atoms with E-state index in [2.05, 4.69) is 28.2 Å². The molecule has 0 spiro atoms. The van der Waals surface area contributed by atoms with E-state index in [1.165, 1.54) is 12.8 Å². The topological polar surface area (TPSA) is 48.7 Å². The molecule has 3 heterocycles. The number of nitriles is 1. The van der Waals surface area contributed by atoms with E-state index in [0.29, 0.717) is 12.1 Å². The summed E-state index contributed by atoms with van der Waals surface area (Å²) in [6.07, 6.45) is 7.77. The second-order valence-electron chi connectivity index (χ2n) is 5.58. The van der Waals surface area contributed by atoms with Gasteiger partial charge >= 0.3 is 0 Å². The van der Waals surface area contributed by atoms with Crippen LogP contribution in [-0.4, -0.2) is 17.1 Å². The van der Waals surface area contributed by atoms with Gasteiger partial charge < -0.3 is 5.32 Å². The van der Waals surface area contributed by atoms with E-state index >= 15 is 0 Å². The Labute approximate surface area is 114 Å². The minimum absolute atomic E-state index is 0.379. The molecule has 3 heteroatoms. The number of piperidine rings is 1. The molecule has 2 aliphatic heterocycles. The Morgan fingerprint density at radius 1 is 1.32 bits per heavy atom. The van der Waals surface area contributed by atoms with Crippen molar-refractivity contribution in [3.63, 3.8) is 0 Å². The zero-order chi connectivity index (χ0) is 13.3. The number of pyridine rings is 1. The van der Waals surface area contributed by atoms with Crippen molar-refractivity contribution < 1.29 is 0 Å². The Kier molecular flexibility index (Phi) is 3.01. The average molecular weight is 251 g/mol. The summed E-state index contributed by atoms with van der Waals surface area (Å²) in [7, 11) is 0. The average Bonchev–Trinajstić information content (AvgIpc) is 2.79. The van der Waals surface area contributed by atoms with Gasteiger partial charge in [-0.2, -0.15) is 5.26 Å². The van der Waals surface area contributed by atoms with E-state index in [4.69, 9.17) is 0 Å².